The van der Waals surface area contributed by atoms with E-state index in [2.05, 4.69) is 5.32 Å². The lowest BCUT2D eigenvalue weighted by atomic mass is 10.0. The van der Waals surface area contributed by atoms with Crippen molar-refractivity contribution in [3.05, 3.63) is 17.9 Å². The van der Waals surface area contributed by atoms with Crippen molar-refractivity contribution in [3.8, 4) is 5.75 Å². The molecule has 1 fully saturated rings. The van der Waals surface area contributed by atoms with E-state index in [9.17, 15) is 4.39 Å². The molecule has 5 heteroatoms. The van der Waals surface area contributed by atoms with E-state index in [0.717, 1.165) is 19.4 Å². The van der Waals surface area contributed by atoms with Crippen LogP contribution in [-0.2, 0) is 4.74 Å². The van der Waals surface area contributed by atoms with Gasteiger partial charge in [-0.3, -0.25) is 0 Å². The minimum absolute atomic E-state index is 0.201. The standard InChI is InChI=1S/C13H19FN2O2/c1-8-5-9(3-4-18-8)16-12-7-13(17-2)10(14)6-11(12)15/h6-9,16H,3-5,15H2,1-2H3. The third-order valence-corrected chi connectivity index (χ3v) is 3.17. The number of nitrogens with two attached hydrogens (primary N) is 1. The van der Waals surface area contributed by atoms with Gasteiger partial charge in [0.2, 0.25) is 0 Å². The van der Waals surface area contributed by atoms with Crippen LogP contribution >= 0.6 is 0 Å². The van der Waals surface area contributed by atoms with Crippen LogP contribution in [-0.4, -0.2) is 25.9 Å². The molecule has 0 amide bonds. The normalized spacial score (nSPS) is 23.7. The third kappa shape index (κ3) is 2.85. The number of halogens is 1. The Morgan fingerprint density at radius 2 is 2.28 bits per heavy atom. The van der Waals surface area contributed by atoms with Gasteiger partial charge in [0, 0.05) is 24.8 Å². The molecule has 1 aliphatic rings. The molecule has 1 saturated heterocycles. The first-order valence-electron chi connectivity index (χ1n) is 6.11. The average molecular weight is 254 g/mol. The van der Waals surface area contributed by atoms with E-state index < -0.39 is 5.82 Å². The number of ether oxygens (including phenoxy) is 2. The third-order valence-electron chi connectivity index (χ3n) is 3.17. The smallest absolute Gasteiger partial charge is 0.167 e. The van der Waals surface area contributed by atoms with Gasteiger partial charge in [-0.25, -0.2) is 4.39 Å². The van der Waals surface area contributed by atoms with Crippen LogP contribution in [0, 0.1) is 5.82 Å². The second kappa shape index (κ2) is 5.44. The molecule has 0 spiro atoms. The minimum Gasteiger partial charge on any atom is -0.494 e. The van der Waals surface area contributed by atoms with E-state index in [4.69, 9.17) is 15.2 Å². The number of anilines is 2. The lowest BCUT2D eigenvalue weighted by Crippen LogP contribution is -2.32. The largest absolute Gasteiger partial charge is 0.494 e. The van der Waals surface area contributed by atoms with Crippen molar-refractivity contribution in [3.63, 3.8) is 0 Å². The summed E-state index contributed by atoms with van der Waals surface area (Å²) in [7, 11) is 1.44. The molecular formula is C13H19FN2O2. The molecule has 1 aromatic rings. The van der Waals surface area contributed by atoms with Gasteiger partial charge in [-0.2, -0.15) is 0 Å². The summed E-state index contributed by atoms with van der Waals surface area (Å²) in [4.78, 5) is 0. The summed E-state index contributed by atoms with van der Waals surface area (Å²) in [6.45, 7) is 2.78. The molecular weight excluding hydrogens is 235 g/mol. The Morgan fingerprint density at radius 1 is 1.50 bits per heavy atom. The molecule has 1 aromatic carbocycles. The number of benzene rings is 1. The molecule has 2 rings (SSSR count). The molecule has 0 saturated carbocycles. The first-order chi connectivity index (χ1) is 8.60. The van der Waals surface area contributed by atoms with Gasteiger partial charge >= 0.3 is 0 Å². The average Bonchev–Trinajstić information content (AvgIpc) is 2.33. The monoisotopic (exact) mass is 254 g/mol. The zero-order valence-corrected chi connectivity index (χ0v) is 10.7. The van der Waals surface area contributed by atoms with Crippen molar-refractivity contribution in [2.24, 2.45) is 0 Å². The van der Waals surface area contributed by atoms with Crippen LogP contribution in [0.5, 0.6) is 5.75 Å². The number of rotatable bonds is 3. The predicted molar refractivity (Wildman–Crippen MR) is 69.4 cm³/mol. The highest BCUT2D eigenvalue weighted by Gasteiger charge is 2.20. The summed E-state index contributed by atoms with van der Waals surface area (Å²) >= 11 is 0. The molecule has 18 heavy (non-hydrogen) atoms. The second-order valence-corrected chi connectivity index (χ2v) is 4.62. The fraction of sp³-hybridized carbons (Fsp3) is 0.538. The number of nitrogens with one attached hydrogen (secondary N) is 1. The van der Waals surface area contributed by atoms with E-state index >= 15 is 0 Å². The summed E-state index contributed by atoms with van der Waals surface area (Å²) in [5.41, 5.74) is 6.92. The van der Waals surface area contributed by atoms with Gasteiger partial charge in [0.05, 0.1) is 24.6 Å². The fourth-order valence-electron chi connectivity index (χ4n) is 2.20. The Bertz CT molecular complexity index is 426. The maximum absolute atomic E-state index is 13.4. The zero-order valence-electron chi connectivity index (χ0n) is 10.7. The molecule has 2 unspecified atom stereocenters. The first kappa shape index (κ1) is 13.0. The maximum atomic E-state index is 13.4. The van der Waals surface area contributed by atoms with E-state index in [1.807, 2.05) is 6.92 Å². The Hall–Kier alpha value is -1.49. The van der Waals surface area contributed by atoms with Gasteiger partial charge in [0.25, 0.3) is 0 Å². The van der Waals surface area contributed by atoms with Crippen LogP contribution in [0.4, 0.5) is 15.8 Å². The summed E-state index contributed by atoms with van der Waals surface area (Å²) in [5, 5.41) is 3.33. The van der Waals surface area contributed by atoms with Gasteiger partial charge in [-0.15, -0.1) is 0 Å². The highest BCUT2D eigenvalue weighted by Crippen LogP contribution is 2.30. The van der Waals surface area contributed by atoms with Crippen LogP contribution in [0.15, 0.2) is 12.1 Å². The van der Waals surface area contributed by atoms with Crippen molar-refractivity contribution in [1.29, 1.82) is 0 Å². The summed E-state index contributed by atoms with van der Waals surface area (Å²) in [6, 6.07) is 3.18. The SMILES string of the molecule is COc1cc(NC2CCOC(C)C2)c(N)cc1F. The van der Waals surface area contributed by atoms with Crippen molar-refractivity contribution in [1.82, 2.24) is 0 Å². The maximum Gasteiger partial charge on any atom is 0.167 e. The molecule has 3 N–H and O–H groups in total. The van der Waals surface area contributed by atoms with Gasteiger partial charge < -0.3 is 20.5 Å². The molecule has 0 bridgehead atoms. The number of nitrogen functional groups attached to an aromatic ring is 1. The van der Waals surface area contributed by atoms with Crippen molar-refractivity contribution >= 4 is 11.4 Å². The molecule has 0 aromatic heterocycles. The molecule has 4 nitrogen and oxygen atoms in total. The minimum atomic E-state index is -0.444. The quantitative estimate of drug-likeness (QED) is 0.813. The van der Waals surface area contributed by atoms with Gasteiger partial charge in [0.15, 0.2) is 11.6 Å². The Kier molecular flexibility index (Phi) is 3.91. The Morgan fingerprint density at radius 3 is 2.94 bits per heavy atom. The number of methoxy groups -OCH3 is 1. The lowest BCUT2D eigenvalue weighted by Gasteiger charge is -2.29. The van der Waals surface area contributed by atoms with Gasteiger partial charge in [-0.1, -0.05) is 0 Å². The van der Waals surface area contributed by atoms with Crippen molar-refractivity contribution < 1.29 is 13.9 Å². The summed E-state index contributed by atoms with van der Waals surface area (Å²) in [6.07, 6.45) is 2.07. The topological polar surface area (TPSA) is 56.5 Å². The molecule has 1 heterocycles. The fourth-order valence-corrected chi connectivity index (χ4v) is 2.20. The lowest BCUT2D eigenvalue weighted by molar-refractivity contribution is 0.0232. The molecule has 1 aliphatic heterocycles. The first-order valence-corrected chi connectivity index (χ1v) is 6.11. The number of hydrogen-bond donors (Lipinski definition) is 2. The van der Waals surface area contributed by atoms with Crippen molar-refractivity contribution in [2.45, 2.75) is 31.9 Å². The predicted octanol–water partition coefficient (Wildman–Crippen LogP) is 2.40. The van der Waals surface area contributed by atoms with Crippen molar-refractivity contribution in [2.75, 3.05) is 24.8 Å². The van der Waals surface area contributed by atoms with Gasteiger partial charge in [-0.05, 0) is 19.8 Å². The zero-order chi connectivity index (χ0) is 13.1. The molecule has 0 radical (unpaired) electrons. The van der Waals surface area contributed by atoms with Crippen LogP contribution in [0.1, 0.15) is 19.8 Å². The van der Waals surface area contributed by atoms with E-state index in [-0.39, 0.29) is 11.9 Å². The van der Waals surface area contributed by atoms with Crippen LogP contribution in [0.3, 0.4) is 0 Å². The van der Waals surface area contributed by atoms with Crippen LogP contribution < -0.4 is 15.8 Å². The highest BCUT2D eigenvalue weighted by atomic mass is 19.1. The molecule has 0 aliphatic carbocycles. The van der Waals surface area contributed by atoms with E-state index in [1.54, 1.807) is 6.07 Å². The van der Waals surface area contributed by atoms with Gasteiger partial charge in [0.1, 0.15) is 0 Å². The molecule has 100 valence electrons. The summed E-state index contributed by atoms with van der Waals surface area (Å²) < 4.78 is 23.9. The second-order valence-electron chi connectivity index (χ2n) is 4.62. The summed E-state index contributed by atoms with van der Waals surface area (Å²) in [5.74, 6) is -0.243. The highest BCUT2D eigenvalue weighted by molar-refractivity contribution is 5.69. The number of hydrogen-bond acceptors (Lipinski definition) is 4. The van der Waals surface area contributed by atoms with Crippen LogP contribution in [0.25, 0.3) is 0 Å². The Balaban J connectivity index is 2.13. The van der Waals surface area contributed by atoms with E-state index in [1.165, 1.54) is 13.2 Å². The van der Waals surface area contributed by atoms with Crippen LogP contribution in [0.2, 0.25) is 0 Å². The Labute approximate surface area is 106 Å². The molecule has 2 atom stereocenters. The van der Waals surface area contributed by atoms with E-state index in [0.29, 0.717) is 17.4 Å².